The molecule has 0 saturated carbocycles. The van der Waals surface area contributed by atoms with Gasteiger partial charge in [0.2, 0.25) is 0 Å². The Morgan fingerprint density at radius 3 is 2.38 bits per heavy atom. The van der Waals surface area contributed by atoms with Crippen LogP contribution in [0.3, 0.4) is 0 Å². The van der Waals surface area contributed by atoms with Crippen molar-refractivity contribution >= 4 is 28.2 Å². The van der Waals surface area contributed by atoms with Gasteiger partial charge in [0.15, 0.2) is 0 Å². The summed E-state index contributed by atoms with van der Waals surface area (Å²) in [6, 6.07) is 30.9. The number of ether oxygens (including phenoxy) is 1. The van der Waals surface area contributed by atoms with Crippen LogP contribution in [0, 0.1) is 0 Å². The molecule has 0 aliphatic carbocycles. The van der Waals surface area contributed by atoms with Crippen LogP contribution >= 0.6 is 11.8 Å². The lowest BCUT2D eigenvalue weighted by atomic mass is 10.1. The van der Waals surface area contributed by atoms with E-state index in [2.05, 4.69) is 53.8 Å². The first-order chi connectivity index (χ1) is 14.3. The first-order valence-corrected chi connectivity index (χ1v) is 10.5. The molecule has 0 fully saturated rings. The van der Waals surface area contributed by atoms with Crippen molar-refractivity contribution in [2.75, 3.05) is 18.9 Å². The molecule has 0 spiro atoms. The highest BCUT2D eigenvalue weighted by Gasteiger charge is 2.06. The fourth-order valence-corrected chi connectivity index (χ4v) is 4.21. The molecule has 0 aromatic heterocycles. The number of anilines is 1. The lowest BCUT2D eigenvalue weighted by Gasteiger charge is -2.12. The summed E-state index contributed by atoms with van der Waals surface area (Å²) in [6.07, 6.45) is 0. The number of benzene rings is 4. The van der Waals surface area contributed by atoms with Crippen LogP contribution in [0.2, 0.25) is 0 Å². The van der Waals surface area contributed by atoms with E-state index in [9.17, 15) is 0 Å². The number of fused-ring (bicyclic) bond motifs is 1. The van der Waals surface area contributed by atoms with E-state index in [1.54, 1.807) is 11.8 Å². The Hall–Kier alpha value is -2.95. The molecule has 0 saturated heterocycles. The Labute approximate surface area is 175 Å². The van der Waals surface area contributed by atoms with Crippen molar-refractivity contribution in [3.63, 3.8) is 0 Å². The molecular weight excluding hydrogens is 376 g/mol. The van der Waals surface area contributed by atoms with Gasteiger partial charge in [-0.1, -0.05) is 78.5 Å². The van der Waals surface area contributed by atoms with Crippen LogP contribution in [0.5, 0.6) is 5.75 Å². The van der Waals surface area contributed by atoms with Crippen molar-refractivity contribution in [1.29, 1.82) is 0 Å². The number of para-hydroxylation sites is 1. The Morgan fingerprint density at radius 2 is 1.48 bits per heavy atom. The van der Waals surface area contributed by atoms with E-state index in [0.29, 0.717) is 6.61 Å². The second-order valence-electron chi connectivity index (χ2n) is 6.75. The van der Waals surface area contributed by atoms with Crippen molar-refractivity contribution in [3.05, 3.63) is 96.6 Å². The van der Waals surface area contributed by atoms with E-state index in [-0.39, 0.29) is 0 Å². The quantitative estimate of drug-likeness (QED) is 0.292. The first kappa shape index (κ1) is 19.4. The smallest absolute Gasteiger partial charge is 0.127 e. The molecule has 0 amide bonds. The summed E-state index contributed by atoms with van der Waals surface area (Å²) < 4.78 is 6.01. The molecule has 0 unspecified atom stereocenters. The van der Waals surface area contributed by atoms with Gasteiger partial charge in [0, 0.05) is 34.0 Å². The number of hydrogen-bond acceptors (Lipinski definition) is 4. The molecule has 4 aromatic carbocycles. The predicted octanol–water partition coefficient (Wildman–Crippen LogP) is 5.74. The molecule has 4 rings (SSSR count). The maximum absolute atomic E-state index is 6.10. The molecule has 3 nitrogen and oxygen atoms in total. The standard InChI is InChI=1S/C25H24N2OS/c26-22-12-4-6-15-25(22)29-24-14-5-2-9-20(24)18-27-16-17-28-23-13-7-10-19-8-1-3-11-21(19)23/h1-15,27H,16-18,26H2. The predicted molar refractivity (Wildman–Crippen MR) is 123 cm³/mol. The Morgan fingerprint density at radius 1 is 0.759 bits per heavy atom. The molecule has 0 aliphatic heterocycles. The number of nitrogens with one attached hydrogen (secondary N) is 1. The summed E-state index contributed by atoms with van der Waals surface area (Å²) in [5.41, 5.74) is 8.16. The zero-order valence-electron chi connectivity index (χ0n) is 16.2. The molecular formula is C25H24N2OS. The van der Waals surface area contributed by atoms with Crippen LogP contribution in [0.25, 0.3) is 10.8 Å². The largest absolute Gasteiger partial charge is 0.492 e. The van der Waals surface area contributed by atoms with Crippen molar-refractivity contribution in [3.8, 4) is 5.75 Å². The molecule has 0 atom stereocenters. The van der Waals surface area contributed by atoms with Gasteiger partial charge < -0.3 is 15.8 Å². The van der Waals surface area contributed by atoms with Crippen LogP contribution in [0.15, 0.2) is 101 Å². The van der Waals surface area contributed by atoms with Gasteiger partial charge in [-0.25, -0.2) is 0 Å². The molecule has 29 heavy (non-hydrogen) atoms. The molecule has 0 heterocycles. The first-order valence-electron chi connectivity index (χ1n) is 9.73. The van der Waals surface area contributed by atoms with E-state index >= 15 is 0 Å². The summed E-state index contributed by atoms with van der Waals surface area (Å²) in [7, 11) is 0. The van der Waals surface area contributed by atoms with Crippen LogP contribution < -0.4 is 15.8 Å². The molecule has 0 radical (unpaired) electrons. The minimum absolute atomic E-state index is 0.620. The van der Waals surface area contributed by atoms with E-state index < -0.39 is 0 Å². The van der Waals surface area contributed by atoms with Crippen LogP contribution in [0.1, 0.15) is 5.56 Å². The summed E-state index contributed by atoms with van der Waals surface area (Å²) in [5, 5.41) is 5.84. The minimum Gasteiger partial charge on any atom is -0.492 e. The maximum atomic E-state index is 6.10. The molecule has 4 heteroatoms. The van der Waals surface area contributed by atoms with Crippen LogP contribution in [0.4, 0.5) is 5.69 Å². The number of rotatable bonds is 8. The van der Waals surface area contributed by atoms with Gasteiger partial charge in [-0.2, -0.15) is 0 Å². The third-order valence-corrected chi connectivity index (χ3v) is 5.92. The second kappa shape index (κ2) is 9.50. The summed E-state index contributed by atoms with van der Waals surface area (Å²) >= 11 is 1.71. The second-order valence-corrected chi connectivity index (χ2v) is 7.83. The van der Waals surface area contributed by atoms with E-state index in [1.807, 2.05) is 42.5 Å². The Kier molecular flexibility index (Phi) is 6.35. The average Bonchev–Trinajstić information content (AvgIpc) is 2.76. The number of nitrogens with two attached hydrogens (primary N) is 1. The van der Waals surface area contributed by atoms with Gasteiger partial charge in [-0.05, 0) is 35.2 Å². The summed E-state index contributed by atoms with van der Waals surface area (Å²) in [6.45, 7) is 2.18. The highest BCUT2D eigenvalue weighted by Crippen LogP contribution is 2.33. The zero-order valence-corrected chi connectivity index (χ0v) is 17.0. The van der Waals surface area contributed by atoms with Crippen molar-refractivity contribution in [2.24, 2.45) is 0 Å². The third kappa shape index (κ3) is 4.91. The van der Waals surface area contributed by atoms with E-state index in [4.69, 9.17) is 10.5 Å². The van der Waals surface area contributed by atoms with Gasteiger partial charge in [0.25, 0.3) is 0 Å². The SMILES string of the molecule is Nc1ccccc1Sc1ccccc1CNCCOc1cccc2ccccc12. The topological polar surface area (TPSA) is 47.3 Å². The Balaban J connectivity index is 1.33. The van der Waals surface area contributed by atoms with Gasteiger partial charge in [0.05, 0.1) is 0 Å². The van der Waals surface area contributed by atoms with Crippen LogP contribution in [-0.4, -0.2) is 13.2 Å². The average molecular weight is 401 g/mol. The van der Waals surface area contributed by atoms with Gasteiger partial charge >= 0.3 is 0 Å². The van der Waals surface area contributed by atoms with E-state index in [1.165, 1.54) is 15.8 Å². The van der Waals surface area contributed by atoms with Gasteiger partial charge in [-0.3, -0.25) is 0 Å². The molecule has 0 bridgehead atoms. The highest BCUT2D eigenvalue weighted by molar-refractivity contribution is 7.99. The molecule has 3 N–H and O–H groups in total. The lowest BCUT2D eigenvalue weighted by molar-refractivity contribution is 0.317. The summed E-state index contributed by atoms with van der Waals surface area (Å²) in [4.78, 5) is 2.30. The summed E-state index contributed by atoms with van der Waals surface area (Å²) in [5.74, 6) is 0.931. The third-order valence-electron chi connectivity index (χ3n) is 4.71. The molecule has 0 aliphatic rings. The molecule has 146 valence electrons. The number of hydrogen-bond donors (Lipinski definition) is 2. The van der Waals surface area contributed by atoms with Crippen molar-refractivity contribution < 1.29 is 4.74 Å². The zero-order chi connectivity index (χ0) is 19.9. The monoisotopic (exact) mass is 400 g/mol. The van der Waals surface area contributed by atoms with Crippen molar-refractivity contribution in [1.82, 2.24) is 5.32 Å². The normalized spacial score (nSPS) is 10.9. The number of nitrogen functional groups attached to an aromatic ring is 1. The van der Waals surface area contributed by atoms with Gasteiger partial charge in [0.1, 0.15) is 12.4 Å². The molecule has 4 aromatic rings. The lowest BCUT2D eigenvalue weighted by Crippen LogP contribution is -2.21. The highest BCUT2D eigenvalue weighted by atomic mass is 32.2. The minimum atomic E-state index is 0.620. The maximum Gasteiger partial charge on any atom is 0.127 e. The van der Waals surface area contributed by atoms with E-state index in [0.717, 1.165) is 34.8 Å². The van der Waals surface area contributed by atoms with Gasteiger partial charge in [-0.15, -0.1) is 0 Å². The fourth-order valence-electron chi connectivity index (χ4n) is 3.22. The van der Waals surface area contributed by atoms with Crippen molar-refractivity contribution in [2.45, 2.75) is 16.3 Å². The fraction of sp³-hybridized carbons (Fsp3) is 0.120. The van der Waals surface area contributed by atoms with Crippen LogP contribution in [-0.2, 0) is 6.54 Å². The Bertz CT molecular complexity index is 1090.